The Bertz CT molecular complexity index is 1070. The second-order valence-electron chi connectivity index (χ2n) is 8.72. The maximum Gasteiger partial charge on any atom is 0.262 e. The van der Waals surface area contributed by atoms with E-state index in [0.717, 1.165) is 29.2 Å². The van der Waals surface area contributed by atoms with Crippen LogP contribution in [0.3, 0.4) is 0 Å². The number of hydrogen-bond acceptors (Lipinski definition) is 8. The van der Waals surface area contributed by atoms with E-state index in [-0.39, 0.29) is 24.4 Å². The Balaban J connectivity index is 1.55. The highest BCUT2D eigenvalue weighted by Crippen LogP contribution is 2.38. The van der Waals surface area contributed by atoms with Gasteiger partial charge in [-0.25, -0.2) is 5.01 Å². The first kappa shape index (κ1) is 26.1. The summed E-state index contributed by atoms with van der Waals surface area (Å²) >= 11 is 1.60. The molecule has 1 aromatic heterocycles. The van der Waals surface area contributed by atoms with E-state index in [4.69, 9.17) is 19.3 Å². The molecule has 0 radical (unpaired) electrons. The number of hydrogen-bond donors (Lipinski definition) is 0. The van der Waals surface area contributed by atoms with Crippen LogP contribution in [0.2, 0.25) is 0 Å². The zero-order valence-corrected chi connectivity index (χ0v) is 22.0. The van der Waals surface area contributed by atoms with Crippen molar-refractivity contribution in [2.45, 2.75) is 25.8 Å². The minimum Gasteiger partial charge on any atom is -0.493 e. The summed E-state index contributed by atoms with van der Waals surface area (Å²) in [7, 11) is 3.19. The van der Waals surface area contributed by atoms with Gasteiger partial charge in [-0.05, 0) is 29.1 Å². The number of ether oxygens (including phenoxy) is 3. The number of rotatable bonds is 10. The molecule has 0 bridgehead atoms. The van der Waals surface area contributed by atoms with Gasteiger partial charge >= 0.3 is 0 Å². The smallest absolute Gasteiger partial charge is 0.262 e. The molecule has 3 heterocycles. The predicted molar refractivity (Wildman–Crippen MR) is 139 cm³/mol. The molecule has 1 aromatic carbocycles. The van der Waals surface area contributed by atoms with E-state index in [1.165, 1.54) is 0 Å². The van der Waals surface area contributed by atoms with Crippen molar-refractivity contribution in [1.29, 1.82) is 0 Å². The quantitative estimate of drug-likeness (QED) is 0.485. The van der Waals surface area contributed by atoms with Gasteiger partial charge in [0, 0.05) is 39.0 Å². The van der Waals surface area contributed by atoms with Crippen LogP contribution in [0, 0.1) is 0 Å². The van der Waals surface area contributed by atoms with Crippen LogP contribution in [0.4, 0.5) is 0 Å². The SMILES string of the molecule is CCC(=O)N(CCN1CCOCC1)CC(=O)N1N=C(c2cccs2)C[C@H]1c1ccc(OC)c(OC)c1. The van der Waals surface area contributed by atoms with Gasteiger partial charge in [0.2, 0.25) is 5.91 Å². The van der Waals surface area contributed by atoms with Crippen molar-refractivity contribution < 1.29 is 23.8 Å². The Kier molecular flexibility index (Phi) is 8.95. The second-order valence-corrected chi connectivity index (χ2v) is 9.67. The van der Waals surface area contributed by atoms with Crippen LogP contribution in [0.15, 0.2) is 40.8 Å². The van der Waals surface area contributed by atoms with Crippen LogP contribution in [0.1, 0.15) is 36.2 Å². The molecule has 0 unspecified atom stereocenters. The van der Waals surface area contributed by atoms with Crippen molar-refractivity contribution >= 4 is 28.9 Å². The van der Waals surface area contributed by atoms with E-state index >= 15 is 0 Å². The maximum atomic E-state index is 13.6. The molecule has 0 spiro atoms. The van der Waals surface area contributed by atoms with Crippen LogP contribution in [0.5, 0.6) is 11.5 Å². The molecular formula is C26H34N4O5S. The van der Waals surface area contributed by atoms with Gasteiger partial charge in [0.1, 0.15) is 6.54 Å². The van der Waals surface area contributed by atoms with Crippen molar-refractivity contribution in [3.8, 4) is 11.5 Å². The van der Waals surface area contributed by atoms with Crippen molar-refractivity contribution in [3.63, 3.8) is 0 Å². The van der Waals surface area contributed by atoms with Crippen molar-refractivity contribution in [3.05, 3.63) is 46.2 Å². The molecule has 1 saturated heterocycles. The number of benzene rings is 1. The molecule has 194 valence electrons. The van der Waals surface area contributed by atoms with Crippen molar-refractivity contribution in [2.75, 3.05) is 60.2 Å². The third-order valence-corrected chi connectivity index (χ3v) is 7.45. The number of nitrogens with zero attached hydrogens (tertiary/aromatic N) is 4. The lowest BCUT2D eigenvalue weighted by atomic mass is 10.0. The van der Waals surface area contributed by atoms with Crippen LogP contribution in [-0.2, 0) is 14.3 Å². The zero-order valence-electron chi connectivity index (χ0n) is 21.1. The van der Waals surface area contributed by atoms with Crippen LogP contribution < -0.4 is 9.47 Å². The lowest BCUT2D eigenvalue weighted by molar-refractivity contribution is -0.141. The fourth-order valence-corrected chi connectivity index (χ4v) is 5.21. The third-order valence-electron chi connectivity index (χ3n) is 6.53. The van der Waals surface area contributed by atoms with Crippen LogP contribution >= 0.6 is 11.3 Å². The number of methoxy groups -OCH3 is 2. The lowest BCUT2D eigenvalue weighted by Crippen LogP contribution is -2.46. The molecule has 4 rings (SSSR count). The van der Waals surface area contributed by atoms with E-state index in [1.807, 2.05) is 42.6 Å². The van der Waals surface area contributed by atoms with Gasteiger partial charge in [-0.1, -0.05) is 19.1 Å². The normalized spacial score (nSPS) is 18.1. The van der Waals surface area contributed by atoms with E-state index in [2.05, 4.69) is 4.90 Å². The number of carbonyl (C=O) groups excluding carboxylic acids is 2. The maximum absolute atomic E-state index is 13.6. The fraction of sp³-hybridized carbons (Fsp3) is 0.500. The highest BCUT2D eigenvalue weighted by molar-refractivity contribution is 7.12. The summed E-state index contributed by atoms with van der Waals surface area (Å²) in [5, 5.41) is 8.29. The summed E-state index contributed by atoms with van der Waals surface area (Å²) in [4.78, 5) is 31.3. The van der Waals surface area contributed by atoms with Gasteiger partial charge in [-0.3, -0.25) is 14.5 Å². The highest BCUT2D eigenvalue weighted by atomic mass is 32.1. The minimum atomic E-state index is -0.299. The van der Waals surface area contributed by atoms with Gasteiger partial charge in [-0.15, -0.1) is 11.3 Å². The Hall–Kier alpha value is -2.95. The molecule has 0 N–H and O–H groups in total. The standard InChI is InChI=1S/C26H34N4O5S/c1-4-25(31)29(10-9-28-11-13-35-14-12-28)18-26(32)30-21(17-20(27-30)24-6-5-15-36-24)19-7-8-22(33-2)23(16-19)34-3/h5-8,15-16,21H,4,9-14,17-18H2,1-3H3/t21-/m0/s1. The molecule has 2 amide bonds. The molecule has 1 fully saturated rings. The Morgan fingerprint density at radius 3 is 2.61 bits per heavy atom. The predicted octanol–water partition coefficient (Wildman–Crippen LogP) is 3.01. The largest absolute Gasteiger partial charge is 0.493 e. The minimum absolute atomic E-state index is 0.0119. The summed E-state index contributed by atoms with van der Waals surface area (Å²) < 4.78 is 16.3. The first-order valence-corrected chi connectivity index (χ1v) is 13.1. The molecule has 2 aliphatic rings. The van der Waals surface area contributed by atoms with Crippen molar-refractivity contribution in [2.24, 2.45) is 5.10 Å². The molecule has 0 aliphatic carbocycles. The number of morpholine rings is 1. The average molecular weight is 515 g/mol. The van der Waals surface area contributed by atoms with Gasteiger partial charge in [0.25, 0.3) is 5.91 Å². The second kappa shape index (κ2) is 12.3. The number of thiophene rings is 1. The number of amides is 2. The monoisotopic (exact) mass is 514 g/mol. The molecular weight excluding hydrogens is 480 g/mol. The van der Waals surface area contributed by atoms with Crippen molar-refractivity contribution in [1.82, 2.24) is 14.8 Å². The topological polar surface area (TPSA) is 83.9 Å². The van der Waals surface area contributed by atoms with Gasteiger partial charge in [0.15, 0.2) is 11.5 Å². The highest BCUT2D eigenvalue weighted by Gasteiger charge is 2.35. The van der Waals surface area contributed by atoms with Crippen LogP contribution in [-0.4, -0.2) is 92.5 Å². The van der Waals surface area contributed by atoms with E-state index < -0.39 is 0 Å². The van der Waals surface area contributed by atoms with E-state index in [0.29, 0.717) is 50.6 Å². The van der Waals surface area contributed by atoms with Gasteiger partial charge in [0.05, 0.1) is 44.1 Å². The Morgan fingerprint density at radius 1 is 1.17 bits per heavy atom. The van der Waals surface area contributed by atoms with Gasteiger partial charge < -0.3 is 19.1 Å². The van der Waals surface area contributed by atoms with Gasteiger partial charge in [-0.2, -0.15) is 5.10 Å². The van der Waals surface area contributed by atoms with Crippen LogP contribution in [0.25, 0.3) is 0 Å². The zero-order chi connectivity index (χ0) is 25.5. The van der Waals surface area contributed by atoms with E-state index in [9.17, 15) is 9.59 Å². The number of carbonyl (C=O) groups is 2. The Morgan fingerprint density at radius 2 is 1.94 bits per heavy atom. The Labute approximate surface area is 216 Å². The molecule has 1 atom stereocenters. The average Bonchev–Trinajstić information content (AvgIpc) is 3.61. The first-order valence-electron chi connectivity index (χ1n) is 12.3. The number of hydrazone groups is 1. The lowest BCUT2D eigenvalue weighted by Gasteiger charge is -2.31. The summed E-state index contributed by atoms with van der Waals surface area (Å²) in [6.45, 7) is 6.09. The summed E-state index contributed by atoms with van der Waals surface area (Å²) in [5.74, 6) is 0.977. The molecule has 10 heteroatoms. The molecule has 2 aliphatic heterocycles. The fourth-order valence-electron chi connectivity index (χ4n) is 4.49. The van der Waals surface area contributed by atoms with E-state index in [1.54, 1.807) is 35.5 Å². The molecule has 36 heavy (non-hydrogen) atoms. The summed E-state index contributed by atoms with van der Waals surface area (Å²) in [6, 6.07) is 9.36. The molecule has 2 aromatic rings. The first-order chi connectivity index (χ1) is 17.5. The summed E-state index contributed by atoms with van der Waals surface area (Å²) in [5.41, 5.74) is 1.76. The molecule has 0 saturated carbocycles. The molecule has 9 nitrogen and oxygen atoms in total. The third kappa shape index (κ3) is 6.05. The summed E-state index contributed by atoms with van der Waals surface area (Å²) in [6.07, 6.45) is 0.927.